The van der Waals surface area contributed by atoms with Gasteiger partial charge in [-0.15, -0.1) is 0 Å². The first kappa shape index (κ1) is 18.5. The number of hydrogen-bond acceptors (Lipinski definition) is 4. The van der Waals surface area contributed by atoms with Gasteiger partial charge >= 0.3 is 0 Å². The van der Waals surface area contributed by atoms with Gasteiger partial charge in [0.25, 0.3) is 5.91 Å². The van der Waals surface area contributed by atoms with Crippen molar-refractivity contribution in [3.05, 3.63) is 53.3 Å². The number of nitrogens with zero attached hydrogens (tertiary/aromatic N) is 1. The van der Waals surface area contributed by atoms with Crippen molar-refractivity contribution in [1.82, 2.24) is 0 Å². The van der Waals surface area contributed by atoms with Gasteiger partial charge < -0.3 is 10.1 Å². The van der Waals surface area contributed by atoms with Crippen LogP contribution in [0.5, 0.6) is 5.75 Å². The van der Waals surface area contributed by atoms with Gasteiger partial charge in [0, 0.05) is 23.7 Å². The maximum absolute atomic E-state index is 13.3. The lowest BCUT2D eigenvalue weighted by atomic mass is 10.2. The Balaban J connectivity index is 1.88. The summed E-state index contributed by atoms with van der Waals surface area (Å²) in [6, 6.07) is 10.0. The number of nitrogens with one attached hydrogen (secondary N) is 1. The summed E-state index contributed by atoms with van der Waals surface area (Å²) in [5, 5.41) is 2.93. The van der Waals surface area contributed by atoms with Gasteiger partial charge in [-0.25, -0.2) is 12.8 Å². The van der Waals surface area contributed by atoms with Crippen molar-refractivity contribution in [1.29, 1.82) is 0 Å². The fraction of sp³-hybridized carbons (Fsp3) is 0.235. The minimum Gasteiger partial charge on any atom is -0.478 e. The first-order chi connectivity index (χ1) is 12.2. The van der Waals surface area contributed by atoms with Crippen LogP contribution in [0.25, 0.3) is 0 Å². The third-order valence-corrected chi connectivity index (χ3v) is 5.25. The summed E-state index contributed by atoms with van der Waals surface area (Å²) in [6.45, 7) is 0.0490. The molecule has 3 rings (SSSR count). The molecular formula is C17H16ClFN2O4S. The summed E-state index contributed by atoms with van der Waals surface area (Å²) in [4.78, 5) is 12.5. The number of sulfonamides is 1. The molecule has 0 aliphatic carbocycles. The highest BCUT2D eigenvalue weighted by Gasteiger charge is 2.31. The molecule has 0 saturated carbocycles. The number of anilines is 2. The highest BCUT2D eigenvalue weighted by molar-refractivity contribution is 7.92. The van der Waals surface area contributed by atoms with E-state index < -0.39 is 27.9 Å². The van der Waals surface area contributed by atoms with Crippen LogP contribution < -0.4 is 14.4 Å². The van der Waals surface area contributed by atoms with Crippen molar-refractivity contribution in [2.24, 2.45) is 0 Å². The number of benzene rings is 2. The van der Waals surface area contributed by atoms with E-state index in [0.717, 1.165) is 10.6 Å². The van der Waals surface area contributed by atoms with Crippen molar-refractivity contribution in [3.63, 3.8) is 0 Å². The topological polar surface area (TPSA) is 75.7 Å². The molecule has 1 amide bonds. The van der Waals surface area contributed by atoms with Crippen LogP contribution in [0.15, 0.2) is 42.5 Å². The Morgan fingerprint density at radius 2 is 2.08 bits per heavy atom. The van der Waals surface area contributed by atoms with Crippen LogP contribution in [0, 0.1) is 5.82 Å². The molecule has 1 heterocycles. The van der Waals surface area contributed by atoms with E-state index in [1.807, 2.05) is 0 Å². The molecule has 0 radical (unpaired) electrons. The van der Waals surface area contributed by atoms with Crippen molar-refractivity contribution >= 4 is 38.9 Å². The highest BCUT2D eigenvalue weighted by atomic mass is 35.5. The van der Waals surface area contributed by atoms with Gasteiger partial charge in [-0.1, -0.05) is 17.7 Å². The predicted molar refractivity (Wildman–Crippen MR) is 97.7 cm³/mol. The lowest BCUT2D eigenvalue weighted by Crippen LogP contribution is -2.36. The molecule has 1 aliphatic rings. The molecule has 0 spiro atoms. The Morgan fingerprint density at radius 3 is 2.77 bits per heavy atom. The summed E-state index contributed by atoms with van der Waals surface area (Å²) in [5.74, 6) is -0.739. The first-order valence-corrected chi connectivity index (χ1v) is 9.97. The largest absolute Gasteiger partial charge is 0.478 e. The van der Waals surface area contributed by atoms with Gasteiger partial charge in [0.1, 0.15) is 11.6 Å². The highest BCUT2D eigenvalue weighted by Crippen LogP contribution is 2.36. The Labute approximate surface area is 155 Å². The van der Waals surface area contributed by atoms with Crippen LogP contribution in [0.3, 0.4) is 0 Å². The van der Waals surface area contributed by atoms with E-state index in [0.29, 0.717) is 10.7 Å². The summed E-state index contributed by atoms with van der Waals surface area (Å²) >= 11 is 5.97. The number of halogens is 2. The fourth-order valence-electron chi connectivity index (χ4n) is 2.67. The lowest BCUT2D eigenvalue weighted by molar-refractivity contribution is -0.122. The second-order valence-electron chi connectivity index (χ2n) is 5.84. The van der Waals surface area contributed by atoms with Crippen LogP contribution in [-0.4, -0.2) is 33.2 Å². The zero-order valence-corrected chi connectivity index (χ0v) is 15.3. The maximum atomic E-state index is 13.3. The molecule has 0 saturated heterocycles. The number of fused-ring (bicyclic) bond motifs is 1. The van der Waals surface area contributed by atoms with E-state index in [4.69, 9.17) is 16.3 Å². The second kappa shape index (κ2) is 7.13. The summed E-state index contributed by atoms with van der Waals surface area (Å²) in [7, 11) is -3.58. The van der Waals surface area contributed by atoms with E-state index in [1.54, 1.807) is 12.1 Å². The molecule has 0 aromatic heterocycles. The molecule has 1 N–H and O–H groups in total. The molecule has 1 aliphatic heterocycles. The minimum atomic E-state index is -3.58. The molecule has 2 aromatic rings. The minimum absolute atomic E-state index is 0.0490. The quantitative estimate of drug-likeness (QED) is 0.862. The van der Waals surface area contributed by atoms with E-state index in [2.05, 4.69) is 5.32 Å². The Morgan fingerprint density at radius 1 is 1.31 bits per heavy atom. The van der Waals surface area contributed by atoms with E-state index >= 15 is 0 Å². The molecule has 26 heavy (non-hydrogen) atoms. The SMILES string of the molecule is CS(=O)(=O)N1CC[C@@H](C(=O)Nc2cccc(F)c2)Oc2ccc(Cl)cc21. The predicted octanol–water partition coefficient (Wildman–Crippen LogP) is 3.03. The van der Waals surface area contributed by atoms with Gasteiger partial charge in [-0.05, 0) is 36.4 Å². The van der Waals surface area contributed by atoms with Crippen LogP contribution in [0.2, 0.25) is 5.02 Å². The van der Waals surface area contributed by atoms with Crippen molar-refractivity contribution < 1.29 is 22.3 Å². The molecular weight excluding hydrogens is 383 g/mol. The summed E-state index contributed by atoms with van der Waals surface area (Å²) < 4.78 is 44.4. The Hall–Kier alpha value is -2.32. The van der Waals surface area contributed by atoms with E-state index in [-0.39, 0.29) is 24.4 Å². The number of carbonyl (C=O) groups is 1. The number of amides is 1. The summed E-state index contributed by atoms with van der Waals surface area (Å²) in [6.07, 6.45) is 0.260. The molecule has 0 fully saturated rings. The molecule has 9 heteroatoms. The number of carbonyl (C=O) groups excluding carboxylic acids is 1. The van der Waals surface area contributed by atoms with Crippen LogP contribution in [0.1, 0.15) is 6.42 Å². The van der Waals surface area contributed by atoms with Crippen molar-refractivity contribution in [2.45, 2.75) is 12.5 Å². The van der Waals surface area contributed by atoms with Crippen LogP contribution in [-0.2, 0) is 14.8 Å². The average Bonchev–Trinajstić information content (AvgIpc) is 2.73. The van der Waals surface area contributed by atoms with Crippen LogP contribution >= 0.6 is 11.6 Å². The molecule has 0 bridgehead atoms. The molecule has 0 unspecified atom stereocenters. The third-order valence-electron chi connectivity index (χ3n) is 3.84. The van der Waals surface area contributed by atoms with Crippen molar-refractivity contribution in [2.75, 3.05) is 22.4 Å². The van der Waals surface area contributed by atoms with E-state index in [9.17, 15) is 17.6 Å². The van der Waals surface area contributed by atoms with Crippen LogP contribution in [0.4, 0.5) is 15.8 Å². The Bertz CT molecular complexity index is 952. The smallest absolute Gasteiger partial charge is 0.265 e. The third kappa shape index (κ3) is 4.08. The zero-order valence-electron chi connectivity index (χ0n) is 13.8. The monoisotopic (exact) mass is 398 g/mol. The van der Waals surface area contributed by atoms with Gasteiger partial charge in [-0.2, -0.15) is 0 Å². The summed E-state index contributed by atoms with van der Waals surface area (Å²) in [5.41, 5.74) is 0.570. The molecule has 2 aromatic carbocycles. The molecule has 6 nitrogen and oxygen atoms in total. The lowest BCUT2D eigenvalue weighted by Gasteiger charge is -2.21. The number of hydrogen-bond donors (Lipinski definition) is 1. The van der Waals surface area contributed by atoms with Crippen molar-refractivity contribution in [3.8, 4) is 5.75 Å². The Kier molecular flexibility index (Phi) is 5.06. The molecule has 1 atom stereocenters. The fourth-order valence-corrected chi connectivity index (χ4v) is 3.77. The van der Waals surface area contributed by atoms with Gasteiger partial charge in [0.05, 0.1) is 11.9 Å². The molecule has 138 valence electrons. The normalized spacial score (nSPS) is 17.0. The van der Waals surface area contributed by atoms with Gasteiger partial charge in [0.15, 0.2) is 6.10 Å². The average molecular weight is 399 g/mol. The second-order valence-corrected chi connectivity index (χ2v) is 8.19. The first-order valence-electron chi connectivity index (χ1n) is 7.74. The standard InChI is InChI=1S/C17H16ClFN2O4S/c1-26(23,24)21-8-7-16(25-15-6-5-11(18)9-14(15)21)17(22)20-13-4-2-3-12(19)10-13/h2-6,9-10,16H,7-8H2,1H3,(H,20,22)/t16-/m0/s1. The number of ether oxygens (including phenoxy) is 1. The van der Waals surface area contributed by atoms with Gasteiger partial charge in [0.2, 0.25) is 10.0 Å². The zero-order chi connectivity index (χ0) is 18.9. The number of rotatable bonds is 3. The van der Waals surface area contributed by atoms with E-state index in [1.165, 1.54) is 30.3 Å². The maximum Gasteiger partial charge on any atom is 0.265 e. The van der Waals surface area contributed by atoms with Gasteiger partial charge in [-0.3, -0.25) is 9.10 Å².